The van der Waals surface area contributed by atoms with Crippen LogP contribution in [0.5, 0.6) is 0 Å². The number of rotatable bonds is 6. The van der Waals surface area contributed by atoms with Crippen LogP contribution in [0.4, 0.5) is 33.5 Å². The number of nitrogen functional groups attached to an aromatic ring is 3. The van der Waals surface area contributed by atoms with E-state index in [2.05, 4.69) is 69.2 Å². The zero-order valence-electron chi connectivity index (χ0n) is 62.5. The third-order valence-electron chi connectivity index (χ3n) is 21.3. The van der Waals surface area contributed by atoms with Crippen molar-refractivity contribution in [1.29, 1.82) is 0 Å². The van der Waals surface area contributed by atoms with Gasteiger partial charge in [-0.15, -0.1) is 0 Å². The second-order valence-corrected chi connectivity index (χ2v) is 30.5. The summed E-state index contributed by atoms with van der Waals surface area (Å²) in [6, 6.07) is 32.3. The first-order chi connectivity index (χ1) is 51.9. The molecule has 0 unspecified atom stereocenters. The van der Waals surface area contributed by atoms with Crippen molar-refractivity contribution in [1.82, 2.24) is 79.3 Å². The van der Waals surface area contributed by atoms with Crippen molar-refractivity contribution < 1.29 is 38.3 Å². The van der Waals surface area contributed by atoms with Gasteiger partial charge in [0.15, 0.2) is 0 Å². The van der Waals surface area contributed by atoms with E-state index in [4.69, 9.17) is 38.5 Å². The molecule has 6 fully saturated rings. The van der Waals surface area contributed by atoms with E-state index in [9.17, 15) is 33.6 Å². The number of benzene rings is 4. The molecule has 580 valence electrons. The summed E-state index contributed by atoms with van der Waals surface area (Å²) in [5, 5.41) is 14.6. The molecule has 4 aromatic heterocycles. The number of anilines is 5. The van der Waals surface area contributed by atoms with Gasteiger partial charge in [-0.1, -0.05) is 46.0 Å². The summed E-state index contributed by atoms with van der Waals surface area (Å²) in [5.41, 5.74) is 24.6. The maximum absolute atomic E-state index is 12.8. The van der Waals surface area contributed by atoms with Gasteiger partial charge in [0, 0.05) is 186 Å². The van der Waals surface area contributed by atoms with Crippen molar-refractivity contribution in [3.05, 3.63) is 161 Å². The van der Waals surface area contributed by atoms with E-state index in [1.54, 1.807) is 95.0 Å². The van der Waals surface area contributed by atoms with E-state index in [0.29, 0.717) is 90.4 Å². The van der Waals surface area contributed by atoms with E-state index in [1.165, 1.54) is 25.7 Å². The number of ether oxygens (including phenoxy) is 1. The van der Waals surface area contributed by atoms with Crippen LogP contribution in [0.2, 0.25) is 5.28 Å². The Hall–Kier alpha value is -10.4. The highest BCUT2D eigenvalue weighted by molar-refractivity contribution is 6.28. The van der Waals surface area contributed by atoms with Crippen molar-refractivity contribution in [2.24, 2.45) is 0 Å². The molecule has 2 saturated carbocycles. The van der Waals surface area contributed by atoms with Crippen LogP contribution in [0, 0.1) is 0 Å². The Morgan fingerprint density at radius 3 is 1.22 bits per heavy atom. The van der Waals surface area contributed by atoms with E-state index >= 15 is 0 Å². The smallest absolute Gasteiger partial charge is 0.410 e. The summed E-state index contributed by atoms with van der Waals surface area (Å²) in [7, 11) is 4.15. The molecule has 6 aliphatic heterocycles. The van der Waals surface area contributed by atoms with E-state index in [1.807, 2.05) is 71.9 Å². The SMILES string of the molecule is C.CC(C)(C)OC(=O)N1CCN(C(=O)c2ccc(N)cc2)CC1.CN1CCN(C(=O)c2ccc(N)cc2)CC1.CN1CCN(C(=O)c2ccc(Nc3ncc4cc5n(c4n3)C3(CCCCC3)CNC5=O)cc2)CC1.Nc1ccc(C(=O)N2CCNCC2)cc1.O=C1NCC2(CCCCC2)n2c1cc1cnc(Cl)nc12. The minimum atomic E-state index is -0.506. The first-order valence-electron chi connectivity index (χ1n) is 37.6. The largest absolute Gasteiger partial charge is 0.444 e. The number of hydrogen-bond acceptors (Lipinski definition) is 19. The summed E-state index contributed by atoms with van der Waals surface area (Å²) >= 11 is 5.95. The Morgan fingerprint density at radius 2 is 0.826 bits per heavy atom. The number of aromatic nitrogens is 6. The number of carbonyl (C=O) groups excluding carboxylic acids is 7. The molecule has 7 amide bonds. The van der Waals surface area contributed by atoms with E-state index in [0.717, 1.165) is 150 Å². The second-order valence-electron chi connectivity index (χ2n) is 30.1. The molecule has 4 aromatic carbocycles. The summed E-state index contributed by atoms with van der Waals surface area (Å²) in [5.74, 6) is 0.629. The van der Waals surface area contributed by atoms with E-state index < -0.39 is 5.60 Å². The number of fused-ring (bicyclic) bond motifs is 8. The Kier molecular flexibility index (Phi) is 25.8. The van der Waals surface area contributed by atoms with Gasteiger partial charge in [0.1, 0.15) is 28.3 Å². The molecule has 8 aromatic rings. The lowest BCUT2D eigenvalue weighted by Crippen LogP contribution is -2.52. The van der Waals surface area contributed by atoms with Gasteiger partial charge in [0.2, 0.25) is 11.2 Å². The quantitative estimate of drug-likeness (QED) is 0.0603. The molecule has 109 heavy (non-hydrogen) atoms. The van der Waals surface area contributed by atoms with Crippen molar-refractivity contribution in [2.45, 2.75) is 109 Å². The number of nitrogens with one attached hydrogen (secondary N) is 4. The molecule has 16 rings (SSSR count). The monoisotopic (exact) mass is 1510 g/mol. The third-order valence-corrected chi connectivity index (χ3v) is 21.4. The average molecular weight is 1510 g/mol. The number of piperazine rings is 4. The summed E-state index contributed by atoms with van der Waals surface area (Å²) in [6.07, 6.45) is 14.6. The number of halogens is 1. The zero-order valence-corrected chi connectivity index (χ0v) is 63.3. The molecular weight excluding hydrogens is 1400 g/mol. The summed E-state index contributed by atoms with van der Waals surface area (Å²) in [6.45, 7) is 18.9. The maximum atomic E-state index is 12.8. The van der Waals surface area contributed by atoms with Crippen LogP contribution in [0.3, 0.4) is 0 Å². The third kappa shape index (κ3) is 19.4. The van der Waals surface area contributed by atoms with Crippen LogP contribution >= 0.6 is 11.6 Å². The van der Waals surface area contributed by atoms with Crippen molar-refractivity contribution in [3.63, 3.8) is 0 Å². The second kappa shape index (κ2) is 35.3. The predicted octanol–water partition coefficient (Wildman–Crippen LogP) is 9.02. The molecule has 4 saturated heterocycles. The number of nitrogens with two attached hydrogens (primary N) is 3. The fourth-order valence-corrected chi connectivity index (χ4v) is 15.2. The summed E-state index contributed by atoms with van der Waals surface area (Å²) in [4.78, 5) is 117. The van der Waals surface area contributed by atoms with Crippen molar-refractivity contribution >= 4 is 104 Å². The number of nitrogens with zero attached hydrogens (tertiary/aromatic N) is 13. The van der Waals surface area contributed by atoms with Crippen LogP contribution in [-0.2, 0) is 15.8 Å². The van der Waals surface area contributed by atoms with Gasteiger partial charge < -0.3 is 86.6 Å². The number of amides is 7. The van der Waals surface area contributed by atoms with Crippen molar-refractivity contribution in [3.8, 4) is 0 Å². The minimum Gasteiger partial charge on any atom is -0.444 e. The van der Waals surface area contributed by atoms with Crippen LogP contribution in [-0.4, -0.2) is 242 Å². The lowest BCUT2D eigenvalue weighted by molar-refractivity contribution is 0.0140. The summed E-state index contributed by atoms with van der Waals surface area (Å²) < 4.78 is 9.63. The Balaban J connectivity index is 0.000000140. The molecule has 8 aliphatic rings. The predicted molar refractivity (Wildman–Crippen MR) is 425 cm³/mol. The minimum absolute atomic E-state index is 0. The Morgan fingerprint density at radius 1 is 0.477 bits per heavy atom. The molecular formula is C80H105ClN20O8. The van der Waals surface area contributed by atoms with Gasteiger partial charge in [-0.3, -0.25) is 28.8 Å². The highest BCUT2D eigenvalue weighted by Crippen LogP contribution is 2.42. The van der Waals surface area contributed by atoms with Crippen LogP contribution in [0.25, 0.3) is 22.1 Å². The molecule has 0 radical (unpaired) electrons. The molecule has 10 N–H and O–H groups in total. The topological polar surface area (TPSA) is 339 Å². The van der Waals surface area contributed by atoms with Gasteiger partial charge in [-0.05, 0) is 181 Å². The van der Waals surface area contributed by atoms with Gasteiger partial charge in [-0.2, -0.15) is 9.97 Å². The zero-order chi connectivity index (χ0) is 76.3. The standard InChI is InChI=1S/C26H31N7O2.C16H23N3O3.C14H15ClN4O.C12H17N3O.C11H15N3O.CH4/c1-31-11-13-32(14-12-31)24(35)18-5-7-20(8-6-18)29-25-27-16-19-15-21-23(34)28-17-26(9-3-2-4-10-26)33(21)22(19)30-25;1-16(2,3)22-15(21)19-10-8-18(9-11-19)14(20)12-4-6-13(17)7-5-12;15-13-16-7-9-6-10-12(20)17-8-14(4-2-1-3-5-14)19(10)11(9)18-13;1-14-6-8-15(9-7-14)12(16)10-2-4-11(13)5-3-10;12-10-3-1-9(2-4-10)11(15)14-7-5-13-6-8-14;/h5-8,15-16H,2-4,9-14,17H2,1H3,(H,28,34)(H,27,29,30);4-7H,8-11,17H2,1-3H3;6-7H,1-5,8H2,(H,17,20);2-5H,6-9,13H2,1H3;1-4,13H,5-8,12H2;1H4. The van der Waals surface area contributed by atoms with Gasteiger partial charge >= 0.3 is 6.09 Å². The van der Waals surface area contributed by atoms with Gasteiger partial charge in [-0.25, -0.2) is 14.8 Å². The van der Waals surface area contributed by atoms with Crippen LogP contribution in [0.15, 0.2) is 122 Å². The van der Waals surface area contributed by atoms with Crippen LogP contribution in [0.1, 0.15) is 155 Å². The molecule has 29 heteroatoms. The molecule has 28 nitrogen and oxygen atoms in total. The number of carbonyl (C=O) groups is 7. The first-order valence-corrected chi connectivity index (χ1v) is 38.0. The lowest BCUT2D eigenvalue weighted by Gasteiger charge is -2.42. The fraction of sp³-hybridized carbons (Fsp3) is 0.463. The lowest BCUT2D eigenvalue weighted by atomic mass is 9.80. The molecule has 10 heterocycles. The molecule has 0 bridgehead atoms. The molecule has 2 aliphatic carbocycles. The normalized spacial score (nSPS) is 18.2. The first kappa shape index (κ1) is 79.6. The Labute approximate surface area is 642 Å². The molecule has 0 atom stereocenters. The molecule has 2 spiro atoms. The van der Waals surface area contributed by atoms with Crippen LogP contribution < -0.4 is 38.5 Å². The highest BCUT2D eigenvalue weighted by Gasteiger charge is 2.43. The van der Waals surface area contributed by atoms with Crippen molar-refractivity contribution in [2.75, 3.05) is 154 Å². The number of likely N-dealkylation sites (N-methyl/N-ethyl adjacent to an activating group) is 2. The number of hydrogen-bond donors (Lipinski definition) is 7. The van der Waals surface area contributed by atoms with Gasteiger partial charge in [0.05, 0.1) is 11.1 Å². The van der Waals surface area contributed by atoms with E-state index in [-0.39, 0.29) is 65.3 Å². The average Bonchev–Trinajstić information content (AvgIpc) is 1.60. The fourth-order valence-electron chi connectivity index (χ4n) is 15.1. The van der Waals surface area contributed by atoms with Gasteiger partial charge in [0.25, 0.3) is 35.4 Å². The Bertz CT molecular complexity index is 4480. The highest BCUT2D eigenvalue weighted by atomic mass is 35.5. The maximum Gasteiger partial charge on any atom is 0.410 e.